The third-order valence-corrected chi connectivity index (χ3v) is 4.91. The van der Waals surface area contributed by atoms with E-state index in [0.29, 0.717) is 31.8 Å². The first kappa shape index (κ1) is 17.6. The van der Waals surface area contributed by atoms with Crippen LogP contribution in [0.25, 0.3) is 10.6 Å². The summed E-state index contributed by atoms with van der Waals surface area (Å²) in [5.41, 5.74) is 1.20. The Labute approximate surface area is 150 Å². The maximum atomic E-state index is 12.1. The molecule has 3 N–H and O–H groups in total. The number of carbonyl (C=O) groups excluding carboxylic acids is 2. The van der Waals surface area contributed by atoms with Gasteiger partial charge in [-0.05, 0) is 43.2 Å². The van der Waals surface area contributed by atoms with Crippen LogP contribution in [0.2, 0.25) is 0 Å². The highest BCUT2D eigenvalue weighted by Crippen LogP contribution is 2.22. The second kappa shape index (κ2) is 8.77. The molecule has 2 aromatic heterocycles. The molecule has 0 radical (unpaired) electrons. The minimum Gasteiger partial charge on any atom is -0.368 e. The molecule has 1 aliphatic rings. The van der Waals surface area contributed by atoms with E-state index in [9.17, 15) is 9.59 Å². The van der Waals surface area contributed by atoms with Crippen LogP contribution in [-0.2, 0) is 9.53 Å². The minimum absolute atomic E-state index is 0.0566. The number of H-pyrrole nitrogens is 1. The Bertz CT molecular complexity index is 693. The van der Waals surface area contributed by atoms with Crippen LogP contribution in [0.5, 0.6) is 0 Å². The number of rotatable bonds is 7. The third-order valence-electron chi connectivity index (χ3n) is 4.01. The predicted octanol–water partition coefficient (Wildman–Crippen LogP) is 1.94. The van der Waals surface area contributed by atoms with Gasteiger partial charge in [0.15, 0.2) is 5.69 Å². The van der Waals surface area contributed by atoms with Crippen LogP contribution >= 0.6 is 11.3 Å². The molecule has 134 valence electrons. The normalized spacial score (nSPS) is 17.2. The summed E-state index contributed by atoms with van der Waals surface area (Å²) >= 11 is 1.59. The second-order valence-electron chi connectivity index (χ2n) is 5.90. The van der Waals surface area contributed by atoms with E-state index < -0.39 is 0 Å². The van der Waals surface area contributed by atoms with Gasteiger partial charge in [-0.15, -0.1) is 11.3 Å². The van der Waals surface area contributed by atoms with E-state index in [1.807, 2.05) is 17.5 Å². The monoisotopic (exact) mass is 362 g/mol. The minimum atomic E-state index is -0.317. The topological polar surface area (TPSA) is 96.1 Å². The summed E-state index contributed by atoms with van der Waals surface area (Å²) < 4.78 is 5.43. The van der Waals surface area contributed by atoms with Gasteiger partial charge in [-0.2, -0.15) is 5.10 Å². The summed E-state index contributed by atoms with van der Waals surface area (Å²) in [6, 6.07) is 5.66. The van der Waals surface area contributed by atoms with Crippen LogP contribution in [0.1, 0.15) is 36.2 Å². The van der Waals surface area contributed by atoms with Crippen LogP contribution in [0.15, 0.2) is 23.6 Å². The van der Waals surface area contributed by atoms with Crippen molar-refractivity contribution >= 4 is 23.2 Å². The molecule has 2 amide bonds. The van der Waals surface area contributed by atoms with E-state index in [2.05, 4.69) is 20.8 Å². The lowest BCUT2D eigenvalue weighted by Gasteiger charge is -2.21. The van der Waals surface area contributed by atoms with Gasteiger partial charge in [0.1, 0.15) is 6.10 Å². The molecule has 1 fully saturated rings. The fraction of sp³-hybridized carbons (Fsp3) is 0.471. The van der Waals surface area contributed by atoms with Crippen molar-refractivity contribution in [3.8, 4) is 10.6 Å². The molecular weight excluding hydrogens is 340 g/mol. The fourth-order valence-electron chi connectivity index (χ4n) is 2.65. The van der Waals surface area contributed by atoms with E-state index in [-0.39, 0.29) is 17.9 Å². The smallest absolute Gasteiger partial charge is 0.271 e. The molecule has 8 heteroatoms. The van der Waals surface area contributed by atoms with Gasteiger partial charge < -0.3 is 15.4 Å². The lowest BCUT2D eigenvalue weighted by atomic mass is 10.1. The van der Waals surface area contributed by atoms with E-state index in [1.165, 1.54) is 0 Å². The van der Waals surface area contributed by atoms with Crippen molar-refractivity contribution in [2.75, 3.05) is 19.7 Å². The molecule has 3 rings (SSSR count). The highest BCUT2D eigenvalue weighted by atomic mass is 32.1. The number of amides is 2. The summed E-state index contributed by atoms with van der Waals surface area (Å²) in [7, 11) is 0. The van der Waals surface area contributed by atoms with E-state index in [0.717, 1.165) is 29.8 Å². The number of carbonyl (C=O) groups is 2. The average Bonchev–Trinajstić information content (AvgIpc) is 3.33. The van der Waals surface area contributed by atoms with Crippen molar-refractivity contribution in [2.24, 2.45) is 0 Å². The Kier molecular flexibility index (Phi) is 6.19. The molecule has 0 saturated carbocycles. The van der Waals surface area contributed by atoms with Crippen molar-refractivity contribution in [3.05, 3.63) is 29.3 Å². The Hall–Kier alpha value is -2.19. The lowest BCUT2D eigenvalue weighted by molar-refractivity contribution is -0.135. The van der Waals surface area contributed by atoms with Crippen molar-refractivity contribution in [3.63, 3.8) is 0 Å². The predicted molar refractivity (Wildman–Crippen MR) is 95.5 cm³/mol. The zero-order chi connectivity index (χ0) is 17.5. The first-order chi connectivity index (χ1) is 12.2. The third kappa shape index (κ3) is 4.90. The average molecular weight is 362 g/mol. The first-order valence-electron chi connectivity index (χ1n) is 8.51. The van der Waals surface area contributed by atoms with Gasteiger partial charge in [-0.25, -0.2) is 0 Å². The number of aromatic amines is 1. The number of nitrogens with one attached hydrogen (secondary N) is 3. The SMILES string of the molecule is O=C(NCCCNC(=O)C1CCCCO1)c1cc(-c2cccs2)[nH]n1. The van der Waals surface area contributed by atoms with Crippen molar-refractivity contribution < 1.29 is 14.3 Å². The molecule has 2 aromatic rings. The number of hydrogen-bond donors (Lipinski definition) is 3. The van der Waals surface area contributed by atoms with Gasteiger partial charge in [-0.3, -0.25) is 14.7 Å². The van der Waals surface area contributed by atoms with Crippen LogP contribution in [0.3, 0.4) is 0 Å². The van der Waals surface area contributed by atoms with Gasteiger partial charge in [0.25, 0.3) is 5.91 Å². The molecule has 1 aliphatic heterocycles. The maximum Gasteiger partial charge on any atom is 0.271 e. The molecule has 25 heavy (non-hydrogen) atoms. The Morgan fingerprint density at radius 1 is 1.32 bits per heavy atom. The maximum absolute atomic E-state index is 12.1. The Balaban J connectivity index is 1.35. The van der Waals surface area contributed by atoms with E-state index >= 15 is 0 Å². The van der Waals surface area contributed by atoms with Gasteiger partial charge >= 0.3 is 0 Å². The molecule has 7 nitrogen and oxygen atoms in total. The molecule has 0 aromatic carbocycles. The van der Waals surface area contributed by atoms with Crippen LogP contribution < -0.4 is 10.6 Å². The van der Waals surface area contributed by atoms with Gasteiger partial charge in [0, 0.05) is 19.7 Å². The lowest BCUT2D eigenvalue weighted by Crippen LogP contribution is -2.39. The zero-order valence-electron chi connectivity index (χ0n) is 13.9. The summed E-state index contributed by atoms with van der Waals surface area (Å²) in [4.78, 5) is 25.0. The first-order valence-corrected chi connectivity index (χ1v) is 9.39. The van der Waals surface area contributed by atoms with Crippen LogP contribution in [0, 0.1) is 0 Å². The number of thiophene rings is 1. The summed E-state index contributed by atoms with van der Waals surface area (Å²) in [5, 5.41) is 14.6. The summed E-state index contributed by atoms with van der Waals surface area (Å²) in [5.74, 6) is -0.278. The van der Waals surface area contributed by atoms with Gasteiger partial charge in [0.2, 0.25) is 5.91 Å². The summed E-state index contributed by atoms with van der Waals surface area (Å²) in [6.07, 6.45) is 3.19. The van der Waals surface area contributed by atoms with Crippen molar-refractivity contribution in [1.82, 2.24) is 20.8 Å². The van der Waals surface area contributed by atoms with Crippen LogP contribution in [-0.4, -0.2) is 47.8 Å². The molecule has 1 unspecified atom stereocenters. The number of aromatic nitrogens is 2. The molecule has 0 aliphatic carbocycles. The zero-order valence-corrected chi connectivity index (χ0v) is 14.7. The fourth-order valence-corrected chi connectivity index (χ4v) is 3.34. The molecule has 0 bridgehead atoms. The number of ether oxygens (including phenoxy) is 1. The van der Waals surface area contributed by atoms with Gasteiger partial charge in [0.05, 0.1) is 10.6 Å². The Morgan fingerprint density at radius 2 is 2.20 bits per heavy atom. The quantitative estimate of drug-likeness (QED) is 0.656. The molecule has 1 saturated heterocycles. The largest absolute Gasteiger partial charge is 0.368 e. The molecule has 1 atom stereocenters. The number of nitrogens with zero attached hydrogens (tertiary/aromatic N) is 1. The van der Waals surface area contributed by atoms with Crippen molar-refractivity contribution in [1.29, 1.82) is 0 Å². The molecule has 3 heterocycles. The standard InChI is InChI=1S/C17H22N4O3S/c22-16(13-11-12(20-21-13)15-6-3-10-25-15)18-7-4-8-19-17(23)14-5-1-2-9-24-14/h3,6,10-11,14H,1-2,4-5,7-9H2,(H,18,22)(H,19,23)(H,20,21). The van der Waals surface area contributed by atoms with E-state index in [1.54, 1.807) is 17.4 Å². The van der Waals surface area contributed by atoms with Crippen LogP contribution in [0.4, 0.5) is 0 Å². The Morgan fingerprint density at radius 3 is 2.96 bits per heavy atom. The highest BCUT2D eigenvalue weighted by molar-refractivity contribution is 7.13. The van der Waals surface area contributed by atoms with Gasteiger partial charge in [-0.1, -0.05) is 6.07 Å². The molecule has 0 spiro atoms. The molecular formula is C17H22N4O3S. The van der Waals surface area contributed by atoms with E-state index in [4.69, 9.17) is 4.74 Å². The summed E-state index contributed by atoms with van der Waals surface area (Å²) in [6.45, 7) is 1.65. The second-order valence-corrected chi connectivity index (χ2v) is 6.85. The van der Waals surface area contributed by atoms with Crippen molar-refractivity contribution in [2.45, 2.75) is 31.8 Å². The highest BCUT2D eigenvalue weighted by Gasteiger charge is 2.21. The number of hydrogen-bond acceptors (Lipinski definition) is 5.